The molecular weight excluding hydrogens is 212 g/mol. The van der Waals surface area contributed by atoms with E-state index in [1.54, 1.807) is 7.11 Å². The van der Waals surface area contributed by atoms with Crippen molar-refractivity contribution in [3.05, 3.63) is 23.8 Å². The maximum atomic E-state index is 5.70. The Balaban J connectivity index is 2.71. The molecule has 1 aromatic rings. The molecule has 1 rings (SSSR count). The van der Waals surface area contributed by atoms with Gasteiger partial charge in [0, 0.05) is 0 Å². The highest BCUT2D eigenvalue weighted by molar-refractivity contribution is 5.43. The fraction of sp³-hybridized carbons (Fsp3) is 0.600. The number of hydrogen-bond acceptors (Lipinski definition) is 2. The average Bonchev–Trinajstić information content (AvgIpc) is 2.30. The molecule has 0 saturated heterocycles. The molecule has 0 radical (unpaired) electrons. The first kappa shape index (κ1) is 13.9. The molecule has 17 heavy (non-hydrogen) atoms. The number of hydrogen-bond donors (Lipinski definition) is 0. The van der Waals surface area contributed by atoms with Crippen LogP contribution in [0.1, 0.15) is 39.2 Å². The summed E-state index contributed by atoms with van der Waals surface area (Å²) >= 11 is 0. The SMILES string of the molecule is CCCCOc1ccc(CC(C)C)cc1OC. The second kappa shape index (κ2) is 7.21. The van der Waals surface area contributed by atoms with Crippen molar-refractivity contribution >= 4 is 0 Å². The second-order valence-corrected chi connectivity index (χ2v) is 4.79. The van der Waals surface area contributed by atoms with Crippen molar-refractivity contribution in [2.24, 2.45) is 5.92 Å². The van der Waals surface area contributed by atoms with Crippen LogP contribution in [0, 0.1) is 5.92 Å². The van der Waals surface area contributed by atoms with Crippen molar-refractivity contribution in [2.45, 2.75) is 40.0 Å². The summed E-state index contributed by atoms with van der Waals surface area (Å²) in [4.78, 5) is 0. The first-order chi connectivity index (χ1) is 8.17. The van der Waals surface area contributed by atoms with Gasteiger partial charge in [0.1, 0.15) is 0 Å². The highest BCUT2D eigenvalue weighted by Crippen LogP contribution is 2.29. The largest absolute Gasteiger partial charge is 0.493 e. The van der Waals surface area contributed by atoms with Gasteiger partial charge in [0.15, 0.2) is 11.5 Å². The Morgan fingerprint density at radius 3 is 2.53 bits per heavy atom. The van der Waals surface area contributed by atoms with Gasteiger partial charge in [-0.15, -0.1) is 0 Å². The summed E-state index contributed by atoms with van der Waals surface area (Å²) in [5.74, 6) is 2.36. The fourth-order valence-electron chi connectivity index (χ4n) is 1.76. The lowest BCUT2D eigenvalue weighted by Crippen LogP contribution is -2.00. The van der Waals surface area contributed by atoms with E-state index in [0.29, 0.717) is 5.92 Å². The molecule has 0 unspecified atom stereocenters. The van der Waals surface area contributed by atoms with Crippen molar-refractivity contribution in [1.29, 1.82) is 0 Å². The molecule has 96 valence electrons. The van der Waals surface area contributed by atoms with Gasteiger partial charge in [-0.25, -0.2) is 0 Å². The van der Waals surface area contributed by atoms with E-state index < -0.39 is 0 Å². The summed E-state index contributed by atoms with van der Waals surface area (Å²) in [5, 5.41) is 0. The lowest BCUT2D eigenvalue weighted by molar-refractivity contribution is 0.288. The van der Waals surface area contributed by atoms with E-state index in [0.717, 1.165) is 37.4 Å². The normalized spacial score (nSPS) is 10.6. The minimum absolute atomic E-state index is 0.659. The van der Waals surface area contributed by atoms with E-state index in [-0.39, 0.29) is 0 Å². The van der Waals surface area contributed by atoms with Gasteiger partial charge in [-0.2, -0.15) is 0 Å². The van der Waals surface area contributed by atoms with Gasteiger partial charge >= 0.3 is 0 Å². The monoisotopic (exact) mass is 236 g/mol. The quantitative estimate of drug-likeness (QED) is 0.664. The number of rotatable bonds is 7. The summed E-state index contributed by atoms with van der Waals surface area (Å²) in [7, 11) is 1.70. The minimum atomic E-state index is 0.659. The Bertz CT molecular complexity index is 332. The predicted octanol–water partition coefficient (Wildman–Crippen LogP) is 4.07. The maximum Gasteiger partial charge on any atom is 0.161 e. The molecule has 1 aromatic carbocycles. The van der Waals surface area contributed by atoms with Crippen LogP contribution in [0.25, 0.3) is 0 Å². The summed E-state index contributed by atoms with van der Waals surface area (Å²) in [5.41, 5.74) is 1.31. The van der Waals surface area contributed by atoms with Crippen molar-refractivity contribution in [1.82, 2.24) is 0 Å². The number of benzene rings is 1. The van der Waals surface area contributed by atoms with E-state index in [9.17, 15) is 0 Å². The first-order valence-electron chi connectivity index (χ1n) is 6.47. The highest BCUT2D eigenvalue weighted by atomic mass is 16.5. The highest BCUT2D eigenvalue weighted by Gasteiger charge is 2.06. The molecule has 0 atom stereocenters. The molecular formula is C15H24O2. The molecule has 0 bridgehead atoms. The number of methoxy groups -OCH3 is 1. The minimum Gasteiger partial charge on any atom is -0.493 e. The van der Waals surface area contributed by atoms with Crippen LogP contribution < -0.4 is 9.47 Å². The molecule has 0 fully saturated rings. The van der Waals surface area contributed by atoms with E-state index in [4.69, 9.17) is 9.47 Å². The van der Waals surface area contributed by atoms with Crippen molar-refractivity contribution in [2.75, 3.05) is 13.7 Å². The van der Waals surface area contributed by atoms with Gasteiger partial charge in [-0.1, -0.05) is 33.3 Å². The predicted molar refractivity (Wildman–Crippen MR) is 71.9 cm³/mol. The molecule has 0 N–H and O–H groups in total. The molecule has 0 aliphatic rings. The van der Waals surface area contributed by atoms with Crippen LogP contribution in [-0.4, -0.2) is 13.7 Å². The van der Waals surface area contributed by atoms with Gasteiger partial charge in [0.2, 0.25) is 0 Å². The van der Waals surface area contributed by atoms with Gasteiger partial charge in [-0.05, 0) is 36.5 Å². The molecule has 0 spiro atoms. The van der Waals surface area contributed by atoms with E-state index in [1.807, 2.05) is 6.07 Å². The van der Waals surface area contributed by atoms with Crippen LogP contribution in [0.5, 0.6) is 11.5 Å². The Morgan fingerprint density at radius 1 is 1.18 bits per heavy atom. The smallest absolute Gasteiger partial charge is 0.161 e. The topological polar surface area (TPSA) is 18.5 Å². The molecule has 0 saturated carbocycles. The second-order valence-electron chi connectivity index (χ2n) is 4.79. The van der Waals surface area contributed by atoms with Crippen molar-refractivity contribution in [3.8, 4) is 11.5 Å². The molecule has 0 heterocycles. The van der Waals surface area contributed by atoms with Crippen LogP contribution >= 0.6 is 0 Å². The summed E-state index contributed by atoms with van der Waals surface area (Å²) in [6, 6.07) is 6.23. The van der Waals surface area contributed by atoms with Crippen LogP contribution in [0.4, 0.5) is 0 Å². The Kier molecular flexibility index (Phi) is 5.88. The van der Waals surface area contributed by atoms with Crippen LogP contribution in [0.15, 0.2) is 18.2 Å². The molecule has 0 aliphatic heterocycles. The van der Waals surface area contributed by atoms with Crippen molar-refractivity contribution in [3.63, 3.8) is 0 Å². The van der Waals surface area contributed by atoms with Crippen LogP contribution in [0.3, 0.4) is 0 Å². The molecule has 0 amide bonds. The molecule has 0 aromatic heterocycles. The number of unbranched alkanes of at least 4 members (excludes halogenated alkanes) is 1. The lowest BCUT2D eigenvalue weighted by Gasteiger charge is -2.12. The van der Waals surface area contributed by atoms with Gasteiger partial charge < -0.3 is 9.47 Å². The average molecular weight is 236 g/mol. The third-order valence-corrected chi connectivity index (χ3v) is 2.63. The van der Waals surface area contributed by atoms with E-state index >= 15 is 0 Å². The standard InChI is InChI=1S/C15H24O2/c1-5-6-9-17-14-8-7-13(10-12(2)3)11-15(14)16-4/h7-8,11-12H,5-6,9-10H2,1-4H3. The zero-order valence-electron chi connectivity index (χ0n) is 11.5. The zero-order chi connectivity index (χ0) is 12.7. The summed E-state index contributed by atoms with van der Waals surface area (Å²) in [6.07, 6.45) is 3.30. The zero-order valence-corrected chi connectivity index (χ0v) is 11.5. The van der Waals surface area contributed by atoms with E-state index in [2.05, 4.69) is 32.9 Å². The van der Waals surface area contributed by atoms with Crippen molar-refractivity contribution < 1.29 is 9.47 Å². The molecule has 2 heteroatoms. The number of ether oxygens (including phenoxy) is 2. The first-order valence-corrected chi connectivity index (χ1v) is 6.47. The summed E-state index contributed by atoms with van der Waals surface area (Å²) in [6.45, 7) is 7.36. The Labute approximate surface area is 105 Å². The van der Waals surface area contributed by atoms with Crippen LogP contribution in [0.2, 0.25) is 0 Å². The molecule has 2 nitrogen and oxygen atoms in total. The third-order valence-electron chi connectivity index (χ3n) is 2.63. The fourth-order valence-corrected chi connectivity index (χ4v) is 1.76. The van der Waals surface area contributed by atoms with Gasteiger partial charge in [0.05, 0.1) is 13.7 Å². The molecule has 0 aliphatic carbocycles. The van der Waals surface area contributed by atoms with Gasteiger partial charge in [-0.3, -0.25) is 0 Å². The Hall–Kier alpha value is -1.18. The third kappa shape index (κ3) is 4.68. The maximum absolute atomic E-state index is 5.70. The van der Waals surface area contributed by atoms with Crippen LogP contribution in [-0.2, 0) is 6.42 Å². The lowest BCUT2D eigenvalue weighted by atomic mass is 10.0. The Morgan fingerprint density at radius 2 is 1.94 bits per heavy atom. The van der Waals surface area contributed by atoms with E-state index in [1.165, 1.54) is 5.56 Å². The summed E-state index contributed by atoms with van der Waals surface area (Å²) < 4.78 is 11.1. The van der Waals surface area contributed by atoms with Gasteiger partial charge in [0.25, 0.3) is 0 Å².